The number of methoxy groups -OCH3 is 1. The smallest absolute Gasteiger partial charge is 0.261 e. The number of para-hydroxylation sites is 1. The first kappa shape index (κ1) is 19.1. The van der Waals surface area contributed by atoms with Crippen LogP contribution < -0.4 is 9.47 Å². The fourth-order valence-electron chi connectivity index (χ4n) is 3.91. The zero-order chi connectivity index (χ0) is 20.1. The van der Waals surface area contributed by atoms with Crippen molar-refractivity contribution in [3.05, 3.63) is 84.4 Å². The molecule has 0 spiro atoms. The van der Waals surface area contributed by atoms with Gasteiger partial charge in [0, 0.05) is 12.1 Å². The molecule has 1 amide bonds. The van der Waals surface area contributed by atoms with Crippen LogP contribution in [-0.4, -0.2) is 31.1 Å². The normalized spacial score (nSPS) is 15.9. The first-order chi connectivity index (χ1) is 14.3. The van der Waals surface area contributed by atoms with Gasteiger partial charge in [-0.3, -0.25) is 4.79 Å². The van der Waals surface area contributed by atoms with E-state index in [1.165, 1.54) is 0 Å². The van der Waals surface area contributed by atoms with E-state index in [0.29, 0.717) is 0 Å². The van der Waals surface area contributed by atoms with Gasteiger partial charge < -0.3 is 14.4 Å². The van der Waals surface area contributed by atoms with Gasteiger partial charge in [-0.15, -0.1) is 0 Å². The zero-order valence-corrected chi connectivity index (χ0v) is 16.6. The third kappa shape index (κ3) is 4.27. The molecule has 1 unspecified atom stereocenters. The topological polar surface area (TPSA) is 38.8 Å². The Labute approximate surface area is 171 Å². The fraction of sp³-hybridized carbons (Fsp3) is 0.240. The van der Waals surface area contributed by atoms with E-state index in [2.05, 4.69) is 0 Å². The van der Waals surface area contributed by atoms with Gasteiger partial charge in [0.05, 0.1) is 13.2 Å². The highest BCUT2D eigenvalue weighted by Crippen LogP contribution is 2.33. The van der Waals surface area contributed by atoms with E-state index in [0.717, 1.165) is 47.6 Å². The summed E-state index contributed by atoms with van der Waals surface area (Å²) in [6, 6.07) is 26.0. The van der Waals surface area contributed by atoms with Crippen LogP contribution in [0.2, 0.25) is 0 Å². The van der Waals surface area contributed by atoms with Crippen molar-refractivity contribution in [2.24, 2.45) is 0 Å². The molecule has 0 aromatic heterocycles. The molecule has 3 aromatic rings. The second-order valence-corrected chi connectivity index (χ2v) is 7.17. The van der Waals surface area contributed by atoms with Crippen LogP contribution in [0.1, 0.15) is 24.4 Å². The SMILES string of the molecule is COc1ccc(C2CCCN2C(=O)COc2ccccc2-c2ccccc2)cc1. The molecule has 148 valence electrons. The van der Waals surface area contributed by atoms with Crippen LogP contribution in [0.5, 0.6) is 11.5 Å². The Morgan fingerprint density at radius 1 is 0.966 bits per heavy atom. The lowest BCUT2D eigenvalue weighted by Crippen LogP contribution is -2.34. The van der Waals surface area contributed by atoms with Crippen LogP contribution in [-0.2, 0) is 4.79 Å². The fourth-order valence-corrected chi connectivity index (χ4v) is 3.91. The van der Waals surface area contributed by atoms with Gasteiger partial charge in [-0.05, 0) is 42.2 Å². The number of likely N-dealkylation sites (tertiary alicyclic amines) is 1. The standard InChI is InChI=1S/C25H25NO3/c1-28-21-15-13-20(14-16-21)23-11-7-17-26(23)25(27)18-29-24-12-6-5-10-22(24)19-8-3-2-4-9-19/h2-6,8-10,12-16,23H,7,11,17-18H2,1H3. The van der Waals surface area contributed by atoms with Gasteiger partial charge in [-0.2, -0.15) is 0 Å². The molecule has 0 N–H and O–H groups in total. The maximum absolute atomic E-state index is 12.9. The van der Waals surface area contributed by atoms with Crippen molar-refractivity contribution >= 4 is 5.91 Å². The summed E-state index contributed by atoms with van der Waals surface area (Å²) in [7, 11) is 1.66. The van der Waals surface area contributed by atoms with E-state index in [-0.39, 0.29) is 18.6 Å². The zero-order valence-electron chi connectivity index (χ0n) is 16.6. The number of benzene rings is 3. The first-order valence-corrected chi connectivity index (χ1v) is 9.97. The summed E-state index contributed by atoms with van der Waals surface area (Å²) in [5.74, 6) is 1.57. The third-order valence-corrected chi connectivity index (χ3v) is 5.40. The molecule has 29 heavy (non-hydrogen) atoms. The summed E-state index contributed by atoms with van der Waals surface area (Å²) < 4.78 is 11.2. The maximum Gasteiger partial charge on any atom is 0.261 e. The van der Waals surface area contributed by atoms with Crippen molar-refractivity contribution in [3.8, 4) is 22.6 Å². The largest absolute Gasteiger partial charge is 0.497 e. The lowest BCUT2D eigenvalue weighted by molar-refractivity contribution is -0.134. The molecule has 4 rings (SSSR count). The lowest BCUT2D eigenvalue weighted by Gasteiger charge is -2.25. The minimum absolute atomic E-state index is 0.0196. The third-order valence-electron chi connectivity index (χ3n) is 5.40. The Balaban J connectivity index is 1.46. The highest BCUT2D eigenvalue weighted by atomic mass is 16.5. The van der Waals surface area contributed by atoms with Crippen molar-refractivity contribution in [3.63, 3.8) is 0 Å². The number of hydrogen-bond acceptors (Lipinski definition) is 3. The van der Waals surface area contributed by atoms with Crippen LogP contribution >= 0.6 is 0 Å². The van der Waals surface area contributed by atoms with Gasteiger partial charge in [0.1, 0.15) is 11.5 Å². The number of amides is 1. The van der Waals surface area contributed by atoms with E-state index in [1.54, 1.807) is 7.11 Å². The van der Waals surface area contributed by atoms with Crippen LogP contribution in [0.25, 0.3) is 11.1 Å². The number of rotatable bonds is 6. The number of carbonyl (C=O) groups excluding carboxylic acids is 1. The van der Waals surface area contributed by atoms with Gasteiger partial charge in [0.2, 0.25) is 0 Å². The van der Waals surface area contributed by atoms with Crippen molar-refractivity contribution in [1.29, 1.82) is 0 Å². The molecule has 1 heterocycles. The Morgan fingerprint density at radius 3 is 2.45 bits per heavy atom. The second-order valence-electron chi connectivity index (χ2n) is 7.17. The summed E-state index contributed by atoms with van der Waals surface area (Å²) in [4.78, 5) is 14.9. The molecule has 3 aromatic carbocycles. The average molecular weight is 387 g/mol. The highest BCUT2D eigenvalue weighted by Gasteiger charge is 2.30. The minimum Gasteiger partial charge on any atom is -0.497 e. The van der Waals surface area contributed by atoms with Crippen molar-refractivity contribution in [1.82, 2.24) is 4.90 Å². The summed E-state index contributed by atoms with van der Waals surface area (Å²) >= 11 is 0. The summed E-state index contributed by atoms with van der Waals surface area (Å²) in [5, 5.41) is 0. The molecule has 1 aliphatic rings. The molecular formula is C25H25NO3. The highest BCUT2D eigenvalue weighted by molar-refractivity contribution is 5.79. The van der Waals surface area contributed by atoms with Crippen LogP contribution in [0.4, 0.5) is 0 Å². The Bertz CT molecular complexity index is 953. The van der Waals surface area contributed by atoms with Crippen molar-refractivity contribution in [2.45, 2.75) is 18.9 Å². The van der Waals surface area contributed by atoms with Crippen molar-refractivity contribution < 1.29 is 14.3 Å². The Morgan fingerprint density at radius 2 is 1.69 bits per heavy atom. The first-order valence-electron chi connectivity index (χ1n) is 9.97. The van der Waals surface area contributed by atoms with Gasteiger partial charge in [0.25, 0.3) is 5.91 Å². The van der Waals surface area contributed by atoms with Gasteiger partial charge in [0.15, 0.2) is 6.61 Å². The monoisotopic (exact) mass is 387 g/mol. The predicted molar refractivity (Wildman–Crippen MR) is 114 cm³/mol. The summed E-state index contributed by atoms with van der Waals surface area (Å²) in [6.45, 7) is 0.801. The van der Waals surface area contributed by atoms with Gasteiger partial charge >= 0.3 is 0 Å². The Hall–Kier alpha value is -3.27. The van der Waals surface area contributed by atoms with E-state index >= 15 is 0 Å². The van der Waals surface area contributed by atoms with E-state index in [1.807, 2.05) is 83.8 Å². The van der Waals surface area contributed by atoms with E-state index < -0.39 is 0 Å². The Kier molecular flexibility index (Phi) is 5.80. The van der Waals surface area contributed by atoms with Crippen LogP contribution in [0.15, 0.2) is 78.9 Å². The molecule has 1 atom stereocenters. The lowest BCUT2D eigenvalue weighted by atomic mass is 10.0. The van der Waals surface area contributed by atoms with E-state index in [9.17, 15) is 4.79 Å². The average Bonchev–Trinajstić information content (AvgIpc) is 3.28. The van der Waals surface area contributed by atoms with Crippen LogP contribution in [0.3, 0.4) is 0 Å². The quantitative estimate of drug-likeness (QED) is 0.590. The van der Waals surface area contributed by atoms with Gasteiger partial charge in [-0.1, -0.05) is 60.7 Å². The molecule has 0 bridgehead atoms. The molecule has 1 saturated heterocycles. The number of ether oxygens (including phenoxy) is 2. The number of hydrogen-bond donors (Lipinski definition) is 0. The second kappa shape index (κ2) is 8.82. The van der Waals surface area contributed by atoms with Crippen molar-refractivity contribution in [2.75, 3.05) is 20.3 Å². The molecule has 0 saturated carbocycles. The molecule has 4 nitrogen and oxygen atoms in total. The molecule has 0 aliphatic carbocycles. The molecule has 1 fully saturated rings. The molecular weight excluding hydrogens is 362 g/mol. The van der Waals surface area contributed by atoms with Gasteiger partial charge in [-0.25, -0.2) is 0 Å². The molecule has 1 aliphatic heterocycles. The van der Waals surface area contributed by atoms with E-state index in [4.69, 9.17) is 9.47 Å². The van der Waals surface area contributed by atoms with Crippen LogP contribution in [0, 0.1) is 0 Å². The number of carbonyl (C=O) groups is 1. The minimum atomic E-state index is 0.0196. The summed E-state index contributed by atoms with van der Waals surface area (Å²) in [5.41, 5.74) is 3.21. The predicted octanol–water partition coefficient (Wildman–Crippen LogP) is 5.10. The number of nitrogens with zero attached hydrogens (tertiary/aromatic N) is 1. The maximum atomic E-state index is 12.9. The molecule has 0 radical (unpaired) electrons. The molecule has 4 heteroatoms. The summed E-state index contributed by atoms with van der Waals surface area (Å²) in [6.07, 6.45) is 1.97.